The number of hydrogen-bond donors (Lipinski definition) is 0. The minimum absolute atomic E-state index is 0.139. The standard InChI is InChI=1S/C18H21N3O5/c1-18(2)25-15-14(20-21-19)13(9-6-10-22)24-17(16(15)26-18)23-11-12-7-4-3-5-8-12/h3-5,7-10,14-17H,6,11H2,1-2H3/t14-,15?,16?,17+/m1/s1. The number of ether oxygens (including phenoxy) is 4. The van der Waals surface area contributed by atoms with Crippen molar-refractivity contribution in [2.75, 3.05) is 0 Å². The molecule has 0 N–H and O–H groups in total. The largest absolute Gasteiger partial charge is 0.466 e. The zero-order valence-corrected chi connectivity index (χ0v) is 14.6. The van der Waals surface area contributed by atoms with Crippen LogP contribution in [0.4, 0.5) is 0 Å². The van der Waals surface area contributed by atoms with E-state index in [1.54, 1.807) is 19.9 Å². The van der Waals surface area contributed by atoms with Gasteiger partial charge < -0.3 is 23.7 Å². The SMILES string of the molecule is CC1(C)OC2C(O1)[C@H](N=[N+]=[N-])C(=CCC=O)O[C@@H]2OCc1ccccc1. The number of rotatable bonds is 6. The molecule has 0 aliphatic carbocycles. The van der Waals surface area contributed by atoms with E-state index >= 15 is 0 Å². The van der Waals surface area contributed by atoms with E-state index < -0.39 is 30.3 Å². The van der Waals surface area contributed by atoms with Crippen LogP contribution in [-0.2, 0) is 30.3 Å². The van der Waals surface area contributed by atoms with Gasteiger partial charge in [-0.25, -0.2) is 0 Å². The lowest BCUT2D eigenvalue weighted by molar-refractivity contribution is -0.219. The van der Waals surface area contributed by atoms with Gasteiger partial charge in [-0.2, -0.15) is 0 Å². The fraction of sp³-hybridized carbons (Fsp3) is 0.500. The number of benzene rings is 1. The van der Waals surface area contributed by atoms with Crippen molar-refractivity contribution in [1.29, 1.82) is 0 Å². The molecule has 3 rings (SSSR count). The monoisotopic (exact) mass is 359 g/mol. The van der Waals surface area contributed by atoms with Gasteiger partial charge in [-0.1, -0.05) is 35.4 Å². The molecule has 0 saturated carbocycles. The van der Waals surface area contributed by atoms with Crippen LogP contribution in [0.1, 0.15) is 25.8 Å². The smallest absolute Gasteiger partial charge is 0.228 e. The van der Waals surface area contributed by atoms with E-state index in [9.17, 15) is 4.79 Å². The third-order valence-corrected chi connectivity index (χ3v) is 4.14. The summed E-state index contributed by atoms with van der Waals surface area (Å²) in [7, 11) is 0. The van der Waals surface area contributed by atoms with Crippen LogP contribution in [0.2, 0.25) is 0 Å². The first-order valence-electron chi connectivity index (χ1n) is 8.40. The highest BCUT2D eigenvalue weighted by Gasteiger charge is 2.54. The molecule has 2 saturated heterocycles. The van der Waals surface area contributed by atoms with Crippen LogP contribution in [0.3, 0.4) is 0 Å². The second kappa shape index (κ2) is 7.88. The first-order valence-corrected chi connectivity index (χ1v) is 8.40. The molecule has 138 valence electrons. The maximum Gasteiger partial charge on any atom is 0.228 e. The van der Waals surface area contributed by atoms with Crippen molar-refractivity contribution in [2.45, 2.75) is 57.2 Å². The highest BCUT2D eigenvalue weighted by atomic mass is 16.8. The van der Waals surface area contributed by atoms with E-state index in [-0.39, 0.29) is 6.42 Å². The van der Waals surface area contributed by atoms with Crippen molar-refractivity contribution in [1.82, 2.24) is 0 Å². The summed E-state index contributed by atoms with van der Waals surface area (Å²) in [4.78, 5) is 13.6. The lowest BCUT2D eigenvalue weighted by atomic mass is 10.00. The molecule has 8 heteroatoms. The molecule has 2 heterocycles. The first-order chi connectivity index (χ1) is 12.5. The minimum atomic E-state index is -0.865. The number of carbonyl (C=O) groups excluding carboxylic acids is 1. The van der Waals surface area contributed by atoms with E-state index in [4.69, 9.17) is 24.5 Å². The Balaban J connectivity index is 1.84. The Morgan fingerprint density at radius 3 is 2.69 bits per heavy atom. The van der Waals surface area contributed by atoms with Gasteiger partial charge in [0, 0.05) is 11.3 Å². The molecular formula is C18H21N3O5. The Hall–Kier alpha value is -2.38. The maximum absolute atomic E-state index is 10.7. The molecule has 26 heavy (non-hydrogen) atoms. The summed E-state index contributed by atoms with van der Waals surface area (Å²) in [5.74, 6) is -0.508. The third kappa shape index (κ3) is 4.05. The van der Waals surface area contributed by atoms with Crippen molar-refractivity contribution in [3.63, 3.8) is 0 Å². The Kier molecular flexibility index (Phi) is 5.58. The third-order valence-electron chi connectivity index (χ3n) is 4.14. The minimum Gasteiger partial charge on any atom is -0.466 e. The molecule has 2 fully saturated rings. The number of aldehydes is 1. The quantitative estimate of drug-likeness (QED) is 0.336. The Bertz CT molecular complexity index is 715. The highest BCUT2D eigenvalue weighted by molar-refractivity contribution is 5.52. The molecule has 0 radical (unpaired) electrons. The van der Waals surface area contributed by atoms with Gasteiger partial charge in [0.25, 0.3) is 0 Å². The zero-order valence-electron chi connectivity index (χ0n) is 14.6. The maximum atomic E-state index is 10.7. The summed E-state index contributed by atoms with van der Waals surface area (Å²) in [6.07, 6.45) is 0.595. The van der Waals surface area contributed by atoms with E-state index in [0.29, 0.717) is 12.4 Å². The zero-order chi connectivity index (χ0) is 18.6. The van der Waals surface area contributed by atoms with E-state index in [2.05, 4.69) is 10.0 Å². The molecule has 2 aliphatic rings. The Morgan fingerprint density at radius 2 is 2.00 bits per heavy atom. The summed E-state index contributed by atoms with van der Waals surface area (Å²) in [5, 5.41) is 3.79. The fourth-order valence-corrected chi connectivity index (χ4v) is 3.10. The van der Waals surface area contributed by atoms with Crippen LogP contribution in [0.25, 0.3) is 10.4 Å². The fourth-order valence-electron chi connectivity index (χ4n) is 3.10. The molecule has 0 amide bonds. The molecule has 0 aromatic heterocycles. The van der Waals surface area contributed by atoms with Gasteiger partial charge >= 0.3 is 0 Å². The number of allylic oxidation sites excluding steroid dienone is 1. The van der Waals surface area contributed by atoms with Crippen LogP contribution in [0.5, 0.6) is 0 Å². The molecule has 1 aromatic rings. The molecule has 2 unspecified atom stereocenters. The lowest BCUT2D eigenvalue weighted by Gasteiger charge is -2.36. The summed E-state index contributed by atoms with van der Waals surface area (Å²) in [6.45, 7) is 3.88. The molecule has 1 aromatic carbocycles. The van der Waals surface area contributed by atoms with Crippen molar-refractivity contribution in [2.24, 2.45) is 5.11 Å². The summed E-state index contributed by atoms with van der Waals surface area (Å²) >= 11 is 0. The van der Waals surface area contributed by atoms with Crippen LogP contribution in [0.15, 0.2) is 47.3 Å². The molecule has 8 nitrogen and oxygen atoms in total. The Morgan fingerprint density at radius 1 is 1.27 bits per heavy atom. The lowest BCUT2D eigenvalue weighted by Crippen LogP contribution is -2.50. The normalized spacial score (nSPS) is 30.9. The summed E-state index contributed by atoms with van der Waals surface area (Å²) in [5.41, 5.74) is 9.90. The van der Waals surface area contributed by atoms with E-state index in [1.165, 1.54) is 0 Å². The molecular weight excluding hydrogens is 338 g/mol. The number of fused-ring (bicyclic) bond motifs is 1. The predicted octanol–water partition coefficient (Wildman–Crippen LogP) is 3.23. The van der Waals surface area contributed by atoms with Gasteiger partial charge in [-0.15, -0.1) is 0 Å². The van der Waals surface area contributed by atoms with E-state index in [1.807, 2.05) is 30.3 Å². The van der Waals surface area contributed by atoms with Crippen molar-refractivity contribution in [3.05, 3.63) is 58.2 Å². The molecule has 2 aliphatic heterocycles. The summed E-state index contributed by atoms with van der Waals surface area (Å²) < 4.78 is 23.7. The number of carbonyl (C=O) groups is 1. The van der Waals surface area contributed by atoms with Crippen molar-refractivity contribution in [3.8, 4) is 0 Å². The summed E-state index contributed by atoms with van der Waals surface area (Å²) in [6, 6.07) is 8.95. The van der Waals surface area contributed by atoms with Crippen molar-refractivity contribution >= 4 is 6.29 Å². The van der Waals surface area contributed by atoms with Crippen LogP contribution in [-0.4, -0.2) is 36.6 Å². The van der Waals surface area contributed by atoms with Crippen molar-refractivity contribution < 1.29 is 23.7 Å². The molecule has 4 atom stereocenters. The highest BCUT2D eigenvalue weighted by Crippen LogP contribution is 2.40. The van der Waals surface area contributed by atoms with Gasteiger partial charge in [0.2, 0.25) is 6.29 Å². The van der Waals surface area contributed by atoms with Gasteiger partial charge in [0.05, 0.1) is 6.61 Å². The van der Waals surface area contributed by atoms with Gasteiger partial charge in [-0.3, -0.25) is 0 Å². The number of hydrogen-bond acceptors (Lipinski definition) is 6. The van der Waals surface area contributed by atoms with Gasteiger partial charge in [0.1, 0.15) is 24.2 Å². The second-order valence-electron chi connectivity index (χ2n) is 6.51. The van der Waals surface area contributed by atoms with Crippen LogP contribution in [0, 0.1) is 0 Å². The van der Waals surface area contributed by atoms with Crippen LogP contribution < -0.4 is 0 Å². The van der Waals surface area contributed by atoms with E-state index in [0.717, 1.165) is 11.8 Å². The Labute approximate surface area is 151 Å². The van der Waals surface area contributed by atoms with Crippen LogP contribution >= 0.6 is 0 Å². The second-order valence-corrected chi connectivity index (χ2v) is 6.51. The average Bonchev–Trinajstić information content (AvgIpc) is 2.96. The topological polar surface area (TPSA) is 103 Å². The van der Waals surface area contributed by atoms with Gasteiger partial charge in [-0.05, 0) is 31.0 Å². The van der Waals surface area contributed by atoms with Gasteiger partial charge in [0.15, 0.2) is 11.9 Å². The molecule has 0 spiro atoms. The number of nitrogens with zero attached hydrogens (tertiary/aromatic N) is 3. The predicted molar refractivity (Wildman–Crippen MR) is 91.6 cm³/mol. The molecule has 0 bridgehead atoms. The average molecular weight is 359 g/mol. The number of azide groups is 1. The first kappa shape index (κ1) is 18.4.